The number of sulfonamides is 1. The first-order valence-corrected chi connectivity index (χ1v) is 9.75. The lowest BCUT2D eigenvalue weighted by molar-refractivity contribution is -0.137. The summed E-state index contributed by atoms with van der Waals surface area (Å²) in [5, 5.41) is 0.0179. The Morgan fingerprint density at radius 3 is 2.45 bits per heavy atom. The molecule has 0 unspecified atom stereocenters. The molecule has 6 nitrogen and oxygen atoms in total. The number of benzene rings is 1. The predicted octanol–water partition coefficient (Wildman–Crippen LogP) is 4.18. The van der Waals surface area contributed by atoms with Gasteiger partial charge in [-0.25, -0.2) is 13.4 Å². The maximum absolute atomic E-state index is 12.9. The van der Waals surface area contributed by atoms with Crippen LogP contribution in [0.2, 0.25) is 5.02 Å². The van der Waals surface area contributed by atoms with Crippen molar-refractivity contribution in [2.24, 2.45) is 0 Å². The number of hydrogen-bond donors (Lipinski definition) is 1. The summed E-state index contributed by atoms with van der Waals surface area (Å²) in [4.78, 5) is 19.7. The Morgan fingerprint density at radius 1 is 1.03 bits per heavy atom. The van der Waals surface area contributed by atoms with Crippen molar-refractivity contribution in [2.75, 3.05) is 4.72 Å². The van der Waals surface area contributed by atoms with E-state index in [-0.39, 0.29) is 22.1 Å². The van der Waals surface area contributed by atoms with Crippen LogP contribution in [0.3, 0.4) is 0 Å². The van der Waals surface area contributed by atoms with Crippen LogP contribution in [0, 0.1) is 0 Å². The predicted molar refractivity (Wildman–Crippen MR) is 99.2 cm³/mol. The molecule has 0 bridgehead atoms. The molecule has 0 spiro atoms. The van der Waals surface area contributed by atoms with Crippen molar-refractivity contribution in [3.8, 4) is 0 Å². The van der Waals surface area contributed by atoms with Crippen LogP contribution in [0.25, 0.3) is 0 Å². The minimum atomic E-state index is -4.72. The van der Waals surface area contributed by atoms with Crippen LogP contribution < -0.4 is 4.72 Å². The van der Waals surface area contributed by atoms with Crippen LogP contribution in [-0.4, -0.2) is 24.2 Å². The molecule has 0 saturated carbocycles. The van der Waals surface area contributed by atoms with E-state index in [9.17, 15) is 26.4 Å². The number of nitrogens with zero attached hydrogens (tertiary/aromatic N) is 2. The lowest BCUT2D eigenvalue weighted by atomic mass is 10.1. The van der Waals surface area contributed by atoms with Crippen LogP contribution in [0.15, 0.2) is 65.8 Å². The zero-order chi connectivity index (χ0) is 21.2. The first-order valence-electron chi connectivity index (χ1n) is 7.89. The summed E-state index contributed by atoms with van der Waals surface area (Å²) in [6, 6.07) is 8.88. The van der Waals surface area contributed by atoms with Crippen LogP contribution >= 0.6 is 11.6 Å². The summed E-state index contributed by atoms with van der Waals surface area (Å²) in [5.74, 6) is -0.691. The number of rotatable bonds is 5. The second-order valence-corrected chi connectivity index (χ2v) is 7.84. The molecule has 3 rings (SSSR count). The normalized spacial score (nSPS) is 11.9. The largest absolute Gasteiger partial charge is 0.416 e. The number of hydrogen-bond acceptors (Lipinski definition) is 5. The molecule has 0 saturated heterocycles. The standard InChI is InChI=1S/C18H11ClF3N3O3S/c19-12-9-15(16(24-10-12)17(26)14-6-1-2-7-23-14)25-29(27,28)13-5-3-4-11(8-13)18(20,21)22/h1-10,25H. The van der Waals surface area contributed by atoms with Gasteiger partial charge in [0.25, 0.3) is 10.0 Å². The monoisotopic (exact) mass is 441 g/mol. The topological polar surface area (TPSA) is 89.0 Å². The summed E-state index contributed by atoms with van der Waals surface area (Å²) in [5.41, 5.74) is -1.72. The average molecular weight is 442 g/mol. The minimum absolute atomic E-state index is 0.00170. The average Bonchev–Trinajstić information content (AvgIpc) is 2.67. The Bertz CT molecular complexity index is 1170. The number of nitrogens with one attached hydrogen (secondary N) is 1. The highest BCUT2D eigenvalue weighted by atomic mass is 35.5. The maximum atomic E-state index is 12.9. The van der Waals surface area contributed by atoms with Gasteiger partial charge < -0.3 is 0 Å². The van der Waals surface area contributed by atoms with Gasteiger partial charge in [-0.1, -0.05) is 23.7 Å². The molecule has 0 radical (unpaired) electrons. The summed E-state index contributed by atoms with van der Waals surface area (Å²) in [6.45, 7) is 0. The third-order valence-electron chi connectivity index (χ3n) is 3.68. The first kappa shape index (κ1) is 20.7. The van der Waals surface area contributed by atoms with Gasteiger partial charge in [0, 0.05) is 12.4 Å². The Balaban J connectivity index is 2.02. The van der Waals surface area contributed by atoms with Gasteiger partial charge in [-0.2, -0.15) is 13.2 Å². The molecule has 0 atom stereocenters. The second kappa shape index (κ2) is 7.80. The number of aromatic nitrogens is 2. The molecule has 0 fully saturated rings. The Hall–Kier alpha value is -2.98. The molecule has 1 aromatic carbocycles. The van der Waals surface area contributed by atoms with Crippen molar-refractivity contribution in [3.63, 3.8) is 0 Å². The molecule has 0 aliphatic carbocycles. The highest BCUT2D eigenvalue weighted by Gasteiger charge is 2.32. The molecule has 2 aromatic heterocycles. The first-order chi connectivity index (χ1) is 13.6. The molecule has 11 heteroatoms. The van der Waals surface area contributed by atoms with Gasteiger partial charge in [-0.05, 0) is 36.4 Å². The number of halogens is 4. The molecule has 150 valence electrons. The lowest BCUT2D eigenvalue weighted by Gasteiger charge is -2.13. The van der Waals surface area contributed by atoms with E-state index >= 15 is 0 Å². The van der Waals surface area contributed by atoms with Crippen LogP contribution in [0.1, 0.15) is 21.7 Å². The Labute approximate surface area is 168 Å². The molecule has 1 N–H and O–H groups in total. The Morgan fingerprint density at radius 2 is 1.79 bits per heavy atom. The van der Waals surface area contributed by atoms with Gasteiger partial charge in [0.15, 0.2) is 0 Å². The number of pyridine rings is 2. The molecule has 2 heterocycles. The molecule has 0 aliphatic rings. The molecular formula is C18H11ClF3N3O3S. The SMILES string of the molecule is O=C(c1ccccn1)c1ncc(Cl)cc1NS(=O)(=O)c1cccc(C(F)(F)F)c1. The quantitative estimate of drug-likeness (QED) is 0.600. The maximum Gasteiger partial charge on any atom is 0.416 e. The molecular weight excluding hydrogens is 431 g/mol. The fraction of sp³-hybridized carbons (Fsp3) is 0.0556. The molecule has 0 aliphatic heterocycles. The van der Waals surface area contributed by atoms with Gasteiger partial charge in [0.05, 0.1) is 21.2 Å². The fourth-order valence-corrected chi connectivity index (χ4v) is 3.62. The highest BCUT2D eigenvalue weighted by molar-refractivity contribution is 7.92. The van der Waals surface area contributed by atoms with E-state index in [2.05, 4.69) is 14.7 Å². The van der Waals surface area contributed by atoms with Crippen molar-refractivity contribution in [3.05, 3.63) is 82.9 Å². The molecule has 0 amide bonds. The third-order valence-corrected chi connectivity index (χ3v) is 5.25. The summed E-state index contributed by atoms with van der Waals surface area (Å²) in [7, 11) is -4.47. The van der Waals surface area contributed by atoms with Crippen molar-refractivity contribution >= 4 is 33.1 Å². The van der Waals surface area contributed by atoms with E-state index in [1.807, 2.05) is 0 Å². The van der Waals surface area contributed by atoms with E-state index in [4.69, 9.17) is 11.6 Å². The highest BCUT2D eigenvalue weighted by Crippen LogP contribution is 2.31. The van der Waals surface area contributed by atoms with E-state index in [1.54, 1.807) is 12.1 Å². The van der Waals surface area contributed by atoms with Crippen molar-refractivity contribution < 1.29 is 26.4 Å². The van der Waals surface area contributed by atoms with Crippen molar-refractivity contribution in [1.29, 1.82) is 0 Å². The van der Waals surface area contributed by atoms with E-state index < -0.39 is 32.4 Å². The number of carbonyl (C=O) groups is 1. The third kappa shape index (κ3) is 4.72. The summed E-state index contributed by atoms with van der Waals surface area (Å²) >= 11 is 5.85. The second-order valence-electron chi connectivity index (χ2n) is 5.72. The fourth-order valence-electron chi connectivity index (χ4n) is 2.36. The summed E-state index contributed by atoms with van der Waals surface area (Å²) < 4.78 is 66.0. The number of carbonyl (C=O) groups excluding carboxylic acids is 1. The molecule has 3 aromatic rings. The van der Waals surface area contributed by atoms with Crippen molar-refractivity contribution in [1.82, 2.24) is 9.97 Å². The van der Waals surface area contributed by atoms with Crippen LogP contribution in [0.4, 0.5) is 18.9 Å². The van der Waals surface area contributed by atoms with Gasteiger partial charge in [0.1, 0.15) is 11.4 Å². The smallest absolute Gasteiger partial charge is 0.285 e. The van der Waals surface area contributed by atoms with Gasteiger partial charge in [-0.15, -0.1) is 0 Å². The van der Waals surface area contributed by atoms with Gasteiger partial charge in [-0.3, -0.25) is 14.5 Å². The van der Waals surface area contributed by atoms with Gasteiger partial charge in [0.2, 0.25) is 5.78 Å². The zero-order valence-corrected chi connectivity index (χ0v) is 15.9. The van der Waals surface area contributed by atoms with Crippen molar-refractivity contribution in [2.45, 2.75) is 11.1 Å². The van der Waals surface area contributed by atoms with E-state index in [1.165, 1.54) is 12.3 Å². The van der Waals surface area contributed by atoms with Gasteiger partial charge >= 0.3 is 6.18 Å². The zero-order valence-electron chi connectivity index (χ0n) is 14.3. The number of alkyl halides is 3. The molecule has 29 heavy (non-hydrogen) atoms. The number of anilines is 1. The minimum Gasteiger partial charge on any atom is -0.285 e. The Kier molecular flexibility index (Phi) is 5.58. The van der Waals surface area contributed by atoms with Crippen LogP contribution in [-0.2, 0) is 16.2 Å². The van der Waals surface area contributed by atoms with Crippen LogP contribution in [0.5, 0.6) is 0 Å². The number of ketones is 1. The summed E-state index contributed by atoms with van der Waals surface area (Å²) in [6.07, 6.45) is -2.21. The van der Waals surface area contributed by atoms with E-state index in [0.29, 0.717) is 6.07 Å². The lowest BCUT2D eigenvalue weighted by Crippen LogP contribution is -2.18. The van der Waals surface area contributed by atoms with E-state index in [0.717, 1.165) is 30.5 Å².